The number of amides is 1. The summed E-state index contributed by atoms with van der Waals surface area (Å²) in [5.74, 6) is -1.25. The zero-order chi connectivity index (χ0) is 21.8. The topological polar surface area (TPSA) is 84.2 Å². The highest BCUT2D eigenvalue weighted by Crippen LogP contribution is 2.20. The van der Waals surface area contributed by atoms with Crippen molar-refractivity contribution < 1.29 is 14.3 Å². The molecule has 0 aliphatic carbocycles. The maximum Gasteiger partial charge on any atom is 0.284 e. The second kappa shape index (κ2) is 9.19. The normalized spacial score (nSPS) is 12.1. The van der Waals surface area contributed by atoms with Gasteiger partial charge in [0.1, 0.15) is 11.4 Å². The van der Waals surface area contributed by atoms with Crippen molar-refractivity contribution in [2.45, 2.75) is 20.0 Å². The highest BCUT2D eigenvalue weighted by atomic mass is 35.5. The minimum Gasteiger partial charge on any atom is -0.391 e. The Morgan fingerprint density at radius 2 is 1.90 bits per heavy atom. The van der Waals surface area contributed by atoms with Crippen LogP contribution in [0.4, 0.5) is 4.39 Å². The summed E-state index contributed by atoms with van der Waals surface area (Å²) in [7, 11) is 0. The summed E-state index contributed by atoms with van der Waals surface area (Å²) < 4.78 is 14.7. The molecule has 156 valence electrons. The summed E-state index contributed by atoms with van der Waals surface area (Å²) in [5, 5.41) is 17.4. The molecule has 8 heteroatoms. The predicted molar refractivity (Wildman–Crippen MR) is 113 cm³/mol. The number of nitrogens with zero attached hydrogens (tertiary/aromatic N) is 2. The maximum absolute atomic E-state index is 13.7. The molecular weight excluding hydrogens is 409 g/mol. The molecule has 2 aromatic carbocycles. The molecule has 30 heavy (non-hydrogen) atoms. The number of hydrogen-bond donors (Lipinski definition) is 2. The molecule has 0 unspecified atom stereocenters. The molecule has 0 spiro atoms. The Hall–Kier alpha value is -3.03. The van der Waals surface area contributed by atoms with E-state index < -0.39 is 23.4 Å². The standard InChI is InChI=1S/C22H21ClFN3O3/c1-13(2)20(28)12-25-21(29)18-11-19(14-6-8-15(23)9-7-14)26-27(22(18)30)17-5-3-4-16(24)10-17/h3-11,13,20,28H,12H2,1-2H3,(H,25,29)/t20-/m1/s1. The molecule has 0 saturated carbocycles. The van der Waals surface area contributed by atoms with Crippen LogP contribution in [0.15, 0.2) is 59.4 Å². The molecule has 0 radical (unpaired) electrons. The lowest BCUT2D eigenvalue weighted by atomic mass is 10.1. The first-order chi connectivity index (χ1) is 14.3. The van der Waals surface area contributed by atoms with Crippen LogP contribution in [0.3, 0.4) is 0 Å². The van der Waals surface area contributed by atoms with Crippen LogP contribution < -0.4 is 10.9 Å². The van der Waals surface area contributed by atoms with Gasteiger partial charge in [-0.25, -0.2) is 4.39 Å². The molecule has 1 amide bonds. The third kappa shape index (κ3) is 4.93. The van der Waals surface area contributed by atoms with Crippen molar-refractivity contribution in [3.63, 3.8) is 0 Å². The van der Waals surface area contributed by atoms with Gasteiger partial charge in [0.05, 0.1) is 17.5 Å². The third-order valence-corrected chi connectivity index (χ3v) is 4.84. The fourth-order valence-electron chi connectivity index (χ4n) is 2.73. The van der Waals surface area contributed by atoms with Crippen LogP contribution in [0, 0.1) is 11.7 Å². The molecule has 3 rings (SSSR count). The van der Waals surface area contributed by atoms with Crippen molar-refractivity contribution in [3.05, 3.63) is 81.4 Å². The molecule has 0 aliphatic rings. The molecule has 0 fully saturated rings. The number of halogens is 2. The van der Waals surface area contributed by atoms with Crippen molar-refractivity contribution in [1.29, 1.82) is 0 Å². The van der Waals surface area contributed by atoms with E-state index >= 15 is 0 Å². The average Bonchev–Trinajstić information content (AvgIpc) is 2.72. The van der Waals surface area contributed by atoms with Crippen LogP contribution in [-0.2, 0) is 0 Å². The maximum atomic E-state index is 13.7. The zero-order valence-corrected chi connectivity index (χ0v) is 17.2. The Labute approximate surface area is 177 Å². The van der Waals surface area contributed by atoms with Crippen LogP contribution in [0.5, 0.6) is 0 Å². The Morgan fingerprint density at radius 3 is 2.53 bits per heavy atom. The Bertz CT molecular complexity index is 1110. The minimum atomic E-state index is -0.753. The first-order valence-electron chi connectivity index (χ1n) is 9.39. The van der Waals surface area contributed by atoms with Gasteiger partial charge in [-0.2, -0.15) is 9.78 Å². The van der Waals surface area contributed by atoms with Gasteiger partial charge in [0.25, 0.3) is 11.5 Å². The quantitative estimate of drug-likeness (QED) is 0.628. The lowest BCUT2D eigenvalue weighted by Gasteiger charge is -2.15. The number of carbonyl (C=O) groups is 1. The monoisotopic (exact) mass is 429 g/mol. The van der Waals surface area contributed by atoms with Crippen molar-refractivity contribution in [2.24, 2.45) is 5.92 Å². The number of carbonyl (C=O) groups excluding carboxylic acids is 1. The van der Waals surface area contributed by atoms with Gasteiger partial charge < -0.3 is 10.4 Å². The summed E-state index contributed by atoms with van der Waals surface area (Å²) in [4.78, 5) is 25.7. The van der Waals surface area contributed by atoms with E-state index in [0.29, 0.717) is 16.3 Å². The Morgan fingerprint density at radius 1 is 1.20 bits per heavy atom. The molecule has 0 saturated heterocycles. The van der Waals surface area contributed by atoms with Crippen LogP contribution in [0.25, 0.3) is 16.9 Å². The summed E-state index contributed by atoms with van der Waals surface area (Å²) in [6.45, 7) is 3.63. The van der Waals surface area contributed by atoms with E-state index in [2.05, 4.69) is 10.4 Å². The first-order valence-corrected chi connectivity index (χ1v) is 9.76. The smallest absolute Gasteiger partial charge is 0.284 e. The highest BCUT2D eigenvalue weighted by Gasteiger charge is 2.19. The van der Waals surface area contributed by atoms with Crippen LogP contribution in [-0.4, -0.2) is 33.4 Å². The molecule has 1 atom stereocenters. The summed E-state index contributed by atoms with van der Waals surface area (Å²) >= 11 is 5.94. The van der Waals surface area contributed by atoms with Gasteiger partial charge in [0.2, 0.25) is 0 Å². The second-order valence-electron chi connectivity index (χ2n) is 7.17. The zero-order valence-electron chi connectivity index (χ0n) is 16.5. The number of rotatable bonds is 6. The van der Waals surface area contributed by atoms with Crippen molar-refractivity contribution in [2.75, 3.05) is 6.54 Å². The minimum absolute atomic E-state index is 0.00545. The molecule has 3 aromatic rings. The summed E-state index contributed by atoms with van der Waals surface area (Å²) in [6, 6.07) is 13.5. The number of nitrogens with one attached hydrogen (secondary N) is 1. The van der Waals surface area contributed by atoms with Gasteiger partial charge in [-0.05, 0) is 42.3 Å². The lowest BCUT2D eigenvalue weighted by Crippen LogP contribution is -2.38. The summed E-state index contributed by atoms with van der Waals surface area (Å²) in [6.07, 6.45) is -0.753. The average molecular weight is 430 g/mol. The lowest BCUT2D eigenvalue weighted by molar-refractivity contribution is 0.0869. The van der Waals surface area contributed by atoms with E-state index in [4.69, 9.17) is 11.6 Å². The first kappa shape index (κ1) is 21.7. The summed E-state index contributed by atoms with van der Waals surface area (Å²) in [5.41, 5.74) is 0.281. The molecule has 0 bridgehead atoms. The second-order valence-corrected chi connectivity index (χ2v) is 7.60. The van der Waals surface area contributed by atoms with Gasteiger partial charge in [-0.15, -0.1) is 0 Å². The number of aliphatic hydroxyl groups is 1. The molecule has 1 heterocycles. The number of aromatic nitrogens is 2. The highest BCUT2D eigenvalue weighted by molar-refractivity contribution is 6.30. The largest absolute Gasteiger partial charge is 0.391 e. The van der Waals surface area contributed by atoms with Gasteiger partial charge >= 0.3 is 0 Å². The van der Waals surface area contributed by atoms with Crippen molar-refractivity contribution in [3.8, 4) is 16.9 Å². The van der Waals surface area contributed by atoms with Gasteiger partial charge in [-0.3, -0.25) is 9.59 Å². The van der Waals surface area contributed by atoms with E-state index in [1.54, 1.807) is 24.3 Å². The number of aliphatic hydroxyl groups excluding tert-OH is 1. The molecule has 1 aromatic heterocycles. The van der Waals surface area contributed by atoms with Crippen molar-refractivity contribution >= 4 is 17.5 Å². The number of benzene rings is 2. The molecule has 0 aliphatic heterocycles. The van der Waals surface area contributed by atoms with Crippen molar-refractivity contribution in [1.82, 2.24) is 15.1 Å². The van der Waals surface area contributed by atoms with E-state index in [1.165, 1.54) is 24.3 Å². The van der Waals surface area contributed by atoms with E-state index in [0.717, 1.165) is 10.7 Å². The van der Waals surface area contributed by atoms with Crippen LogP contribution in [0.1, 0.15) is 24.2 Å². The fraction of sp³-hybridized carbons (Fsp3) is 0.227. The molecular formula is C22H21ClFN3O3. The van der Waals surface area contributed by atoms with Crippen LogP contribution in [0.2, 0.25) is 5.02 Å². The SMILES string of the molecule is CC(C)[C@H](O)CNC(=O)c1cc(-c2ccc(Cl)cc2)nn(-c2cccc(F)c2)c1=O. The molecule has 6 nitrogen and oxygen atoms in total. The predicted octanol–water partition coefficient (Wildman–Crippen LogP) is 3.44. The van der Waals surface area contributed by atoms with Crippen LogP contribution >= 0.6 is 11.6 Å². The molecule has 2 N–H and O–H groups in total. The number of hydrogen-bond acceptors (Lipinski definition) is 4. The van der Waals surface area contributed by atoms with E-state index in [-0.39, 0.29) is 23.7 Å². The van der Waals surface area contributed by atoms with E-state index in [1.807, 2.05) is 13.8 Å². The fourth-order valence-corrected chi connectivity index (χ4v) is 2.86. The van der Waals surface area contributed by atoms with Gasteiger partial charge in [0, 0.05) is 17.1 Å². The van der Waals surface area contributed by atoms with Gasteiger partial charge in [-0.1, -0.05) is 43.6 Å². The van der Waals surface area contributed by atoms with Gasteiger partial charge in [0.15, 0.2) is 0 Å². The third-order valence-electron chi connectivity index (χ3n) is 4.59. The van der Waals surface area contributed by atoms with E-state index in [9.17, 15) is 19.1 Å². The Balaban J connectivity index is 2.10. The Kier molecular flexibility index (Phi) is 6.64.